The molecule has 0 aromatic heterocycles. The van der Waals surface area contributed by atoms with Gasteiger partial charge in [-0.2, -0.15) is 5.26 Å². The first-order valence-electron chi connectivity index (χ1n) is 3.63. The first kappa shape index (κ1) is 7.86. The Morgan fingerprint density at radius 1 is 1.91 bits per heavy atom. The maximum atomic E-state index is 10.9. The van der Waals surface area contributed by atoms with Crippen LogP contribution in [0.25, 0.3) is 0 Å². The second-order valence-corrected chi connectivity index (χ2v) is 2.37. The third kappa shape index (κ3) is 1.61. The Hall–Kier alpha value is -1.24. The molecule has 11 heavy (non-hydrogen) atoms. The number of cyclic esters (lactones) is 1. The Morgan fingerprint density at radius 2 is 2.64 bits per heavy atom. The highest BCUT2D eigenvalue weighted by molar-refractivity contribution is 5.68. The molecule has 4 nitrogen and oxygen atoms in total. The molecule has 0 aromatic carbocycles. The van der Waals surface area contributed by atoms with Crippen molar-refractivity contribution in [2.75, 3.05) is 13.1 Å². The Morgan fingerprint density at radius 3 is 3.09 bits per heavy atom. The predicted molar refractivity (Wildman–Crippen MR) is 37.7 cm³/mol. The third-order valence-corrected chi connectivity index (χ3v) is 1.69. The lowest BCUT2D eigenvalue weighted by Gasteiger charge is -2.27. The molecule has 0 saturated carbocycles. The lowest BCUT2D eigenvalue weighted by atomic mass is 10.2. The summed E-state index contributed by atoms with van der Waals surface area (Å²) >= 11 is 0. The quantitative estimate of drug-likeness (QED) is 0.559. The second kappa shape index (κ2) is 3.24. The highest BCUT2D eigenvalue weighted by Crippen LogP contribution is 2.10. The maximum Gasteiger partial charge on any atom is 0.411 e. The summed E-state index contributed by atoms with van der Waals surface area (Å²) in [7, 11) is 0. The second-order valence-electron chi connectivity index (χ2n) is 2.37. The fraction of sp³-hybridized carbons (Fsp3) is 0.714. The number of hydrogen-bond donors (Lipinski definition) is 0. The minimum Gasteiger partial charge on any atom is -0.431 e. The number of rotatable bonds is 1. The van der Waals surface area contributed by atoms with Crippen LogP contribution in [0.3, 0.4) is 0 Å². The summed E-state index contributed by atoms with van der Waals surface area (Å²) in [4.78, 5) is 12.5. The van der Waals surface area contributed by atoms with Crippen molar-refractivity contribution in [3.8, 4) is 6.07 Å². The molecule has 0 bridgehead atoms. The molecule has 0 aromatic rings. The van der Waals surface area contributed by atoms with Crippen LogP contribution in [-0.2, 0) is 4.74 Å². The molecule has 1 saturated heterocycles. The molecule has 0 N–H and O–H groups in total. The summed E-state index contributed by atoms with van der Waals surface area (Å²) < 4.78 is 4.76. The topological polar surface area (TPSA) is 53.3 Å². The Kier molecular flexibility index (Phi) is 2.32. The van der Waals surface area contributed by atoms with Gasteiger partial charge in [0.15, 0.2) is 6.10 Å². The van der Waals surface area contributed by atoms with Crippen LogP contribution in [0, 0.1) is 11.3 Å². The average Bonchev–Trinajstić information content (AvgIpc) is 2.04. The van der Waals surface area contributed by atoms with E-state index in [9.17, 15) is 4.79 Å². The van der Waals surface area contributed by atoms with E-state index in [0.717, 1.165) is 0 Å². The van der Waals surface area contributed by atoms with Crippen LogP contribution in [0.4, 0.5) is 4.79 Å². The highest BCUT2D eigenvalue weighted by Gasteiger charge is 2.25. The number of carbonyl (C=O) groups excluding carboxylic acids is 1. The molecule has 1 rings (SSSR count). The zero-order valence-corrected chi connectivity index (χ0v) is 6.41. The molecule has 0 spiro atoms. The van der Waals surface area contributed by atoms with Crippen molar-refractivity contribution in [3.05, 3.63) is 0 Å². The Labute approximate surface area is 65.4 Å². The molecule has 0 radical (unpaired) electrons. The maximum absolute atomic E-state index is 10.9. The van der Waals surface area contributed by atoms with Crippen LogP contribution in [-0.4, -0.2) is 30.2 Å². The van der Waals surface area contributed by atoms with E-state index in [0.29, 0.717) is 19.5 Å². The number of ether oxygens (including phenoxy) is 1. The number of nitriles is 1. The summed E-state index contributed by atoms with van der Waals surface area (Å²) in [6.07, 6.45) is -0.286. The summed E-state index contributed by atoms with van der Waals surface area (Å²) in [5.41, 5.74) is 0. The van der Waals surface area contributed by atoms with Crippen LogP contribution in [0.5, 0.6) is 0 Å². The van der Waals surface area contributed by atoms with Gasteiger partial charge >= 0.3 is 6.09 Å². The van der Waals surface area contributed by atoms with Gasteiger partial charge in [0.05, 0.1) is 0 Å². The number of amides is 1. The van der Waals surface area contributed by atoms with Gasteiger partial charge in [0, 0.05) is 19.5 Å². The number of hydrogen-bond acceptors (Lipinski definition) is 3. The third-order valence-electron chi connectivity index (χ3n) is 1.69. The van der Waals surface area contributed by atoms with Crippen LogP contribution < -0.4 is 0 Å². The molecule has 1 aliphatic heterocycles. The lowest BCUT2D eigenvalue weighted by Crippen LogP contribution is -2.41. The first-order chi connectivity index (χ1) is 5.27. The van der Waals surface area contributed by atoms with Crippen LogP contribution >= 0.6 is 0 Å². The molecule has 1 aliphatic rings. The zero-order chi connectivity index (χ0) is 8.27. The van der Waals surface area contributed by atoms with Crippen molar-refractivity contribution in [1.82, 2.24) is 4.90 Å². The van der Waals surface area contributed by atoms with E-state index in [1.54, 1.807) is 4.90 Å². The van der Waals surface area contributed by atoms with Crippen molar-refractivity contribution < 1.29 is 9.53 Å². The normalized spacial score (nSPS) is 24.2. The standard InChI is InChI=1S/C7H10N2O2/c1-2-9-4-3-6(5-8)11-7(9)10/h6H,2-4H2,1H3. The monoisotopic (exact) mass is 154 g/mol. The first-order valence-corrected chi connectivity index (χ1v) is 3.63. The summed E-state index contributed by atoms with van der Waals surface area (Å²) in [6, 6.07) is 1.91. The van der Waals surface area contributed by atoms with Crippen LogP contribution in [0.2, 0.25) is 0 Å². The van der Waals surface area contributed by atoms with Gasteiger partial charge in [0.25, 0.3) is 0 Å². The fourth-order valence-electron chi connectivity index (χ4n) is 0.998. The van der Waals surface area contributed by atoms with Gasteiger partial charge in [-0.3, -0.25) is 0 Å². The summed E-state index contributed by atoms with van der Waals surface area (Å²) in [5.74, 6) is 0. The number of carbonyl (C=O) groups is 1. The van der Waals surface area contributed by atoms with Crippen LogP contribution in [0.15, 0.2) is 0 Å². The molecule has 1 amide bonds. The van der Waals surface area contributed by atoms with E-state index < -0.39 is 6.10 Å². The number of nitrogens with zero attached hydrogens (tertiary/aromatic N) is 2. The largest absolute Gasteiger partial charge is 0.431 e. The van der Waals surface area contributed by atoms with E-state index in [-0.39, 0.29) is 6.09 Å². The molecular formula is C7H10N2O2. The highest BCUT2D eigenvalue weighted by atomic mass is 16.6. The molecule has 4 heteroatoms. The summed E-state index contributed by atoms with van der Waals surface area (Å²) in [6.45, 7) is 3.17. The van der Waals surface area contributed by atoms with E-state index in [4.69, 9.17) is 10.00 Å². The lowest BCUT2D eigenvalue weighted by molar-refractivity contribution is 0.0496. The Balaban J connectivity index is 2.49. The van der Waals surface area contributed by atoms with Crippen molar-refractivity contribution in [1.29, 1.82) is 5.26 Å². The van der Waals surface area contributed by atoms with Gasteiger partial charge in [-0.15, -0.1) is 0 Å². The molecular weight excluding hydrogens is 144 g/mol. The van der Waals surface area contributed by atoms with Gasteiger partial charge in [-0.05, 0) is 6.92 Å². The van der Waals surface area contributed by atoms with E-state index in [1.807, 2.05) is 13.0 Å². The van der Waals surface area contributed by atoms with Gasteiger partial charge in [0.1, 0.15) is 6.07 Å². The van der Waals surface area contributed by atoms with Gasteiger partial charge in [-0.25, -0.2) is 4.79 Å². The molecule has 1 atom stereocenters. The molecule has 1 fully saturated rings. The van der Waals surface area contributed by atoms with E-state index in [1.165, 1.54) is 0 Å². The van der Waals surface area contributed by atoms with Crippen LogP contribution in [0.1, 0.15) is 13.3 Å². The van der Waals surface area contributed by atoms with E-state index >= 15 is 0 Å². The van der Waals surface area contributed by atoms with Gasteiger partial charge < -0.3 is 9.64 Å². The molecule has 0 aliphatic carbocycles. The van der Waals surface area contributed by atoms with Crippen molar-refractivity contribution >= 4 is 6.09 Å². The fourth-order valence-corrected chi connectivity index (χ4v) is 0.998. The van der Waals surface area contributed by atoms with Crippen molar-refractivity contribution in [3.63, 3.8) is 0 Å². The Bertz CT molecular complexity index is 197. The zero-order valence-electron chi connectivity index (χ0n) is 6.41. The van der Waals surface area contributed by atoms with E-state index in [2.05, 4.69) is 0 Å². The molecule has 1 unspecified atom stereocenters. The average molecular weight is 154 g/mol. The summed E-state index contributed by atoms with van der Waals surface area (Å²) in [5, 5.41) is 8.42. The van der Waals surface area contributed by atoms with Crippen molar-refractivity contribution in [2.45, 2.75) is 19.4 Å². The SMILES string of the molecule is CCN1CCC(C#N)OC1=O. The smallest absolute Gasteiger partial charge is 0.411 e. The molecule has 60 valence electrons. The minimum atomic E-state index is -0.537. The van der Waals surface area contributed by atoms with Gasteiger partial charge in [-0.1, -0.05) is 0 Å². The molecule has 1 heterocycles. The predicted octanol–water partition coefficient (Wildman–Crippen LogP) is 0.741. The van der Waals surface area contributed by atoms with Gasteiger partial charge in [0.2, 0.25) is 0 Å². The minimum absolute atomic E-state index is 0.370. The van der Waals surface area contributed by atoms with Crippen molar-refractivity contribution in [2.24, 2.45) is 0 Å².